The highest BCUT2D eigenvalue weighted by molar-refractivity contribution is 5.58. The fourth-order valence-corrected chi connectivity index (χ4v) is 1.85. The van der Waals surface area contributed by atoms with Crippen LogP contribution in [-0.4, -0.2) is 27.3 Å². The molecule has 2 aromatic carbocycles. The third-order valence-corrected chi connectivity index (χ3v) is 2.82. The van der Waals surface area contributed by atoms with E-state index in [9.17, 15) is 0 Å². The molecule has 0 bridgehead atoms. The van der Waals surface area contributed by atoms with E-state index in [2.05, 4.69) is 15.5 Å². The third kappa shape index (κ3) is 2.18. The van der Waals surface area contributed by atoms with Crippen LogP contribution < -0.4 is 4.74 Å². The van der Waals surface area contributed by atoms with E-state index in [1.54, 1.807) is 11.8 Å². The summed E-state index contributed by atoms with van der Waals surface area (Å²) in [5, 5.41) is 11.9. The van der Waals surface area contributed by atoms with Crippen LogP contribution in [0.15, 0.2) is 54.6 Å². The highest BCUT2D eigenvalue weighted by atomic mass is 16.5. The molecule has 0 saturated carbocycles. The highest BCUT2D eigenvalue weighted by Crippen LogP contribution is 2.21. The number of para-hydroxylation sites is 1. The maximum Gasteiger partial charge on any atom is 0.187 e. The Hall–Kier alpha value is -2.69. The summed E-state index contributed by atoms with van der Waals surface area (Å²) >= 11 is 0. The highest BCUT2D eigenvalue weighted by Gasteiger charge is 2.10. The Morgan fingerprint density at radius 2 is 1.68 bits per heavy atom. The quantitative estimate of drug-likeness (QED) is 0.718. The summed E-state index contributed by atoms with van der Waals surface area (Å²) < 4.78 is 6.85. The predicted molar refractivity (Wildman–Crippen MR) is 71.1 cm³/mol. The smallest absolute Gasteiger partial charge is 0.187 e. The van der Waals surface area contributed by atoms with Gasteiger partial charge in [-0.1, -0.05) is 18.2 Å². The van der Waals surface area contributed by atoms with Crippen molar-refractivity contribution in [2.24, 2.45) is 0 Å². The minimum Gasteiger partial charge on any atom is -0.497 e. The van der Waals surface area contributed by atoms with Crippen molar-refractivity contribution in [3.63, 3.8) is 0 Å². The second kappa shape index (κ2) is 4.89. The first-order valence-corrected chi connectivity index (χ1v) is 5.87. The topological polar surface area (TPSA) is 52.8 Å². The van der Waals surface area contributed by atoms with E-state index in [1.165, 1.54) is 0 Å². The van der Waals surface area contributed by atoms with Gasteiger partial charge < -0.3 is 4.74 Å². The van der Waals surface area contributed by atoms with Crippen LogP contribution in [-0.2, 0) is 0 Å². The van der Waals surface area contributed by atoms with Gasteiger partial charge in [-0.3, -0.25) is 0 Å². The molecule has 0 N–H and O–H groups in total. The molecule has 0 aliphatic heterocycles. The van der Waals surface area contributed by atoms with E-state index in [1.807, 2.05) is 54.6 Å². The normalized spacial score (nSPS) is 10.4. The average Bonchev–Trinajstić information content (AvgIpc) is 2.98. The van der Waals surface area contributed by atoms with Gasteiger partial charge in [-0.2, -0.15) is 4.68 Å². The molecule has 5 nitrogen and oxygen atoms in total. The van der Waals surface area contributed by atoms with Crippen LogP contribution in [0, 0.1) is 0 Å². The molecule has 3 rings (SSSR count). The van der Waals surface area contributed by atoms with E-state index in [-0.39, 0.29) is 0 Å². The first kappa shape index (κ1) is 11.4. The number of nitrogens with zero attached hydrogens (tertiary/aromatic N) is 4. The van der Waals surface area contributed by atoms with E-state index in [0.29, 0.717) is 5.82 Å². The van der Waals surface area contributed by atoms with Gasteiger partial charge in [0.2, 0.25) is 0 Å². The molecule has 94 valence electrons. The Morgan fingerprint density at radius 3 is 2.37 bits per heavy atom. The molecule has 1 aromatic heterocycles. The van der Waals surface area contributed by atoms with Crippen LogP contribution in [0.2, 0.25) is 0 Å². The Kier molecular flexibility index (Phi) is 2.94. The molecule has 1 heterocycles. The van der Waals surface area contributed by atoms with Crippen molar-refractivity contribution in [2.45, 2.75) is 0 Å². The third-order valence-electron chi connectivity index (χ3n) is 2.82. The number of hydrogen-bond acceptors (Lipinski definition) is 4. The van der Waals surface area contributed by atoms with E-state index in [0.717, 1.165) is 17.0 Å². The zero-order valence-corrected chi connectivity index (χ0v) is 10.4. The molecule has 0 radical (unpaired) electrons. The van der Waals surface area contributed by atoms with Crippen molar-refractivity contribution in [3.8, 4) is 22.8 Å². The lowest BCUT2D eigenvalue weighted by Crippen LogP contribution is -1.99. The Balaban J connectivity index is 2.04. The van der Waals surface area contributed by atoms with Gasteiger partial charge in [-0.25, -0.2) is 0 Å². The molecule has 3 aromatic rings. The van der Waals surface area contributed by atoms with Crippen molar-refractivity contribution < 1.29 is 4.74 Å². The van der Waals surface area contributed by atoms with E-state index in [4.69, 9.17) is 4.74 Å². The molecule has 0 aliphatic carbocycles. The zero-order valence-electron chi connectivity index (χ0n) is 10.4. The van der Waals surface area contributed by atoms with Crippen LogP contribution in [0.5, 0.6) is 5.75 Å². The fourth-order valence-electron chi connectivity index (χ4n) is 1.85. The molecular formula is C14H12N4O. The summed E-state index contributed by atoms with van der Waals surface area (Å²) in [4.78, 5) is 0. The minimum atomic E-state index is 0.703. The van der Waals surface area contributed by atoms with Gasteiger partial charge in [0.05, 0.1) is 12.8 Å². The van der Waals surface area contributed by atoms with Crippen molar-refractivity contribution >= 4 is 0 Å². The number of benzene rings is 2. The first-order chi connectivity index (χ1) is 9.38. The summed E-state index contributed by atoms with van der Waals surface area (Å²) in [5.74, 6) is 1.51. The largest absolute Gasteiger partial charge is 0.497 e. The number of ether oxygens (including phenoxy) is 1. The second-order valence-electron chi connectivity index (χ2n) is 3.98. The zero-order chi connectivity index (χ0) is 13.1. The number of rotatable bonds is 3. The van der Waals surface area contributed by atoms with Crippen molar-refractivity contribution in [2.75, 3.05) is 7.11 Å². The monoisotopic (exact) mass is 252 g/mol. The van der Waals surface area contributed by atoms with Crippen LogP contribution in [0.25, 0.3) is 17.1 Å². The number of methoxy groups -OCH3 is 1. The van der Waals surface area contributed by atoms with Crippen LogP contribution in [0.1, 0.15) is 0 Å². The second-order valence-corrected chi connectivity index (χ2v) is 3.98. The maximum absolute atomic E-state index is 5.14. The van der Waals surface area contributed by atoms with Crippen LogP contribution in [0.4, 0.5) is 0 Å². The number of aromatic nitrogens is 4. The predicted octanol–water partition coefficient (Wildman–Crippen LogP) is 2.34. The number of hydrogen-bond donors (Lipinski definition) is 0. The Labute approximate surface area is 110 Å². The first-order valence-electron chi connectivity index (χ1n) is 5.87. The van der Waals surface area contributed by atoms with Crippen molar-refractivity contribution in [1.29, 1.82) is 0 Å². The summed E-state index contributed by atoms with van der Waals surface area (Å²) in [5.41, 5.74) is 1.87. The van der Waals surface area contributed by atoms with E-state index < -0.39 is 0 Å². The molecule has 0 spiro atoms. The average molecular weight is 252 g/mol. The van der Waals surface area contributed by atoms with E-state index >= 15 is 0 Å². The summed E-state index contributed by atoms with van der Waals surface area (Å²) in [7, 11) is 1.64. The molecule has 0 unspecified atom stereocenters. The van der Waals surface area contributed by atoms with Gasteiger partial charge in [0.15, 0.2) is 5.82 Å². The van der Waals surface area contributed by atoms with Gasteiger partial charge in [-0.15, -0.1) is 5.10 Å². The molecule has 0 aliphatic rings. The molecular weight excluding hydrogens is 240 g/mol. The number of tetrazole rings is 1. The van der Waals surface area contributed by atoms with Gasteiger partial charge >= 0.3 is 0 Å². The minimum absolute atomic E-state index is 0.703. The van der Waals surface area contributed by atoms with Crippen molar-refractivity contribution in [1.82, 2.24) is 20.2 Å². The summed E-state index contributed by atoms with van der Waals surface area (Å²) in [6, 6.07) is 17.4. The molecule has 0 atom stereocenters. The molecule has 0 amide bonds. The fraction of sp³-hybridized carbons (Fsp3) is 0.0714. The summed E-state index contributed by atoms with van der Waals surface area (Å²) in [6.45, 7) is 0. The molecule has 5 heteroatoms. The lowest BCUT2D eigenvalue weighted by Gasteiger charge is -2.05. The maximum atomic E-state index is 5.14. The SMILES string of the molecule is COc1ccc(-c2nnnn2-c2ccccc2)cc1. The lowest BCUT2D eigenvalue weighted by atomic mass is 10.2. The molecule has 0 fully saturated rings. The van der Waals surface area contributed by atoms with Crippen molar-refractivity contribution in [3.05, 3.63) is 54.6 Å². The standard InChI is InChI=1S/C14H12N4O/c1-19-13-9-7-11(8-10-13)14-15-16-17-18(14)12-5-3-2-4-6-12/h2-10H,1H3. The van der Waals surface area contributed by atoms with Gasteiger partial charge in [0.1, 0.15) is 5.75 Å². The summed E-state index contributed by atoms with van der Waals surface area (Å²) in [6.07, 6.45) is 0. The molecule has 0 saturated heterocycles. The van der Waals surface area contributed by atoms with Gasteiger partial charge in [0.25, 0.3) is 0 Å². The lowest BCUT2D eigenvalue weighted by molar-refractivity contribution is 0.415. The van der Waals surface area contributed by atoms with Crippen LogP contribution in [0.3, 0.4) is 0 Å². The van der Waals surface area contributed by atoms with Gasteiger partial charge in [-0.05, 0) is 46.8 Å². The Morgan fingerprint density at radius 1 is 0.947 bits per heavy atom. The molecule has 19 heavy (non-hydrogen) atoms. The van der Waals surface area contributed by atoms with Gasteiger partial charge in [0, 0.05) is 5.56 Å². The Bertz CT molecular complexity index is 661. The van der Waals surface area contributed by atoms with Crippen LogP contribution >= 0.6 is 0 Å².